The van der Waals surface area contributed by atoms with Gasteiger partial charge in [-0.15, -0.1) is 0 Å². The Morgan fingerprint density at radius 1 is 1.10 bits per heavy atom. The maximum absolute atomic E-state index is 13.6. The second-order valence-corrected chi connectivity index (χ2v) is 12.3. The molecule has 4 aliphatic rings. The molecule has 11 heteroatoms. The molecular weight excluding hydrogens is 504 g/mol. The number of fused-ring (bicyclic) bond motifs is 1. The first kappa shape index (κ1) is 25.0. The van der Waals surface area contributed by atoms with Crippen LogP contribution in [-0.4, -0.2) is 70.5 Å². The van der Waals surface area contributed by atoms with E-state index in [1.54, 1.807) is 20.4 Å². The van der Waals surface area contributed by atoms with Crippen LogP contribution in [0.15, 0.2) is 24.4 Å². The lowest BCUT2D eigenvalue weighted by atomic mass is 9.61. The fourth-order valence-electron chi connectivity index (χ4n) is 7.30. The van der Waals surface area contributed by atoms with E-state index in [9.17, 15) is 8.78 Å². The van der Waals surface area contributed by atoms with E-state index >= 15 is 0 Å². The first-order chi connectivity index (χ1) is 18.7. The Bertz CT molecular complexity index is 1410. The summed E-state index contributed by atoms with van der Waals surface area (Å²) in [7, 11) is 3.49. The minimum Gasteiger partial charge on any atom is -0.496 e. The van der Waals surface area contributed by atoms with E-state index in [1.807, 2.05) is 4.68 Å². The number of hydrogen-bond acceptors (Lipinski definition) is 8. The summed E-state index contributed by atoms with van der Waals surface area (Å²) in [5.74, 6) is -0.748. The molecule has 0 bridgehead atoms. The summed E-state index contributed by atoms with van der Waals surface area (Å²) in [4.78, 5) is 11.3. The summed E-state index contributed by atoms with van der Waals surface area (Å²) in [6.07, 6.45) is 5.58. The molecule has 3 N–H and O–H groups in total. The molecule has 1 aromatic carbocycles. The van der Waals surface area contributed by atoms with Gasteiger partial charge in [-0.1, -0.05) is 12.1 Å². The highest BCUT2D eigenvalue weighted by atomic mass is 19.3. The Kier molecular flexibility index (Phi) is 5.58. The number of ether oxygens (including phenoxy) is 2. The average molecular weight is 540 g/mol. The summed E-state index contributed by atoms with van der Waals surface area (Å²) in [5, 5.41) is 7.91. The zero-order valence-corrected chi connectivity index (χ0v) is 22.4. The van der Waals surface area contributed by atoms with Crippen molar-refractivity contribution in [2.24, 2.45) is 16.7 Å². The van der Waals surface area contributed by atoms with Crippen LogP contribution in [0.3, 0.4) is 0 Å². The Morgan fingerprint density at radius 3 is 2.56 bits per heavy atom. The van der Waals surface area contributed by atoms with Gasteiger partial charge in [-0.05, 0) is 43.2 Å². The molecule has 0 radical (unpaired) electrons. The maximum atomic E-state index is 13.6. The van der Waals surface area contributed by atoms with Crippen LogP contribution in [-0.2, 0) is 17.8 Å². The Balaban J connectivity index is 1.03. The number of hydrogen-bond donors (Lipinski definition) is 2. The van der Waals surface area contributed by atoms with Gasteiger partial charge in [0.25, 0.3) is 5.92 Å². The molecule has 39 heavy (non-hydrogen) atoms. The molecular formula is C28H35F2N7O2. The van der Waals surface area contributed by atoms with Gasteiger partial charge in [-0.3, -0.25) is 9.58 Å². The number of nitrogens with one attached hydrogen (secondary N) is 1. The highest BCUT2D eigenvalue weighted by Crippen LogP contribution is 2.72. The van der Waals surface area contributed by atoms with Crippen molar-refractivity contribution >= 4 is 22.8 Å². The quantitative estimate of drug-likeness (QED) is 0.422. The van der Waals surface area contributed by atoms with Crippen LogP contribution in [0.25, 0.3) is 11.0 Å². The molecule has 1 aliphatic heterocycles. The van der Waals surface area contributed by atoms with Crippen LogP contribution >= 0.6 is 0 Å². The maximum Gasteiger partial charge on any atom is 0.254 e. The molecule has 1 saturated heterocycles. The molecule has 3 saturated carbocycles. The van der Waals surface area contributed by atoms with Crippen molar-refractivity contribution in [1.29, 1.82) is 0 Å². The van der Waals surface area contributed by atoms with Crippen molar-refractivity contribution in [3.63, 3.8) is 0 Å². The average Bonchev–Trinajstić information content (AvgIpc) is 3.20. The van der Waals surface area contributed by atoms with Crippen molar-refractivity contribution in [3.8, 4) is 5.75 Å². The highest BCUT2D eigenvalue weighted by Gasteiger charge is 2.75. The van der Waals surface area contributed by atoms with E-state index in [-0.39, 0.29) is 18.3 Å². The predicted molar refractivity (Wildman–Crippen MR) is 143 cm³/mol. The second-order valence-electron chi connectivity index (χ2n) is 12.3. The standard InChI is InChI=1S/C28H35F2N7O2/c1-38-20-8-26(9-20)15-36(16-26)12-17-3-4-19(22(5-17)39-2)13-37-23-21(11-33-37)34-25(31)35-24(23)32-10-18-6-27(7-18)14-28(27,29)30/h3-5,11,18,20H,6-10,12-16H2,1-2H3,(H3,31,32,34,35). The van der Waals surface area contributed by atoms with Crippen molar-refractivity contribution in [2.45, 2.75) is 57.2 Å². The van der Waals surface area contributed by atoms with E-state index in [4.69, 9.17) is 15.2 Å². The Hall–Kier alpha value is -3.05. The van der Waals surface area contributed by atoms with Gasteiger partial charge in [0.2, 0.25) is 5.95 Å². The molecule has 3 aliphatic carbocycles. The first-order valence-electron chi connectivity index (χ1n) is 13.7. The normalized spacial score (nSPS) is 24.4. The van der Waals surface area contributed by atoms with Gasteiger partial charge in [0.15, 0.2) is 5.82 Å². The minimum absolute atomic E-state index is 0.0300. The number of alkyl halides is 2. The number of rotatable bonds is 9. The molecule has 0 atom stereocenters. The van der Waals surface area contributed by atoms with Crippen LogP contribution in [0.1, 0.15) is 43.2 Å². The number of nitrogen functional groups attached to an aromatic ring is 1. The fraction of sp³-hybridized carbons (Fsp3) is 0.607. The van der Waals surface area contributed by atoms with Crippen LogP contribution in [0.5, 0.6) is 5.75 Å². The third-order valence-corrected chi connectivity index (χ3v) is 9.48. The molecule has 208 valence electrons. The van der Waals surface area contributed by atoms with E-state index in [0.717, 1.165) is 36.5 Å². The third-order valence-electron chi connectivity index (χ3n) is 9.48. The van der Waals surface area contributed by atoms with Crippen molar-refractivity contribution in [2.75, 3.05) is 44.9 Å². The Morgan fingerprint density at radius 2 is 1.87 bits per heavy atom. The van der Waals surface area contributed by atoms with Gasteiger partial charge in [0.05, 0.1) is 26.0 Å². The topological polar surface area (TPSA) is 103 Å². The molecule has 3 aromatic rings. The zero-order valence-electron chi connectivity index (χ0n) is 22.4. The smallest absolute Gasteiger partial charge is 0.254 e. The molecule has 3 heterocycles. The van der Waals surface area contributed by atoms with E-state index in [1.165, 1.54) is 18.4 Å². The van der Waals surface area contributed by atoms with Gasteiger partial charge in [-0.25, -0.2) is 13.8 Å². The zero-order chi connectivity index (χ0) is 27.0. The third kappa shape index (κ3) is 4.21. The van der Waals surface area contributed by atoms with Crippen molar-refractivity contribution < 1.29 is 18.3 Å². The van der Waals surface area contributed by atoms with Gasteiger partial charge < -0.3 is 20.5 Å². The minimum atomic E-state index is -2.48. The van der Waals surface area contributed by atoms with Crippen LogP contribution < -0.4 is 15.8 Å². The molecule has 2 aromatic heterocycles. The number of likely N-dealkylation sites (tertiary alicyclic amines) is 1. The van der Waals surface area contributed by atoms with Gasteiger partial charge in [0, 0.05) is 56.1 Å². The monoisotopic (exact) mass is 539 g/mol. The lowest BCUT2D eigenvalue weighted by Gasteiger charge is -2.58. The summed E-state index contributed by atoms with van der Waals surface area (Å²) in [6.45, 7) is 4.18. The summed E-state index contributed by atoms with van der Waals surface area (Å²) in [5.41, 5.74) is 9.27. The number of methoxy groups -OCH3 is 2. The number of anilines is 2. The van der Waals surface area contributed by atoms with Crippen molar-refractivity contribution in [1.82, 2.24) is 24.6 Å². The van der Waals surface area contributed by atoms with Crippen LogP contribution in [0.4, 0.5) is 20.5 Å². The van der Waals surface area contributed by atoms with E-state index in [0.29, 0.717) is 48.8 Å². The predicted octanol–water partition coefficient (Wildman–Crippen LogP) is 3.92. The number of aromatic nitrogens is 4. The number of benzene rings is 1. The lowest BCUT2D eigenvalue weighted by Crippen LogP contribution is -2.63. The van der Waals surface area contributed by atoms with E-state index < -0.39 is 11.3 Å². The molecule has 7 rings (SSSR count). The largest absolute Gasteiger partial charge is 0.496 e. The van der Waals surface area contributed by atoms with Crippen molar-refractivity contribution in [3.05, 3.63) is 35.5 Å². The first-order valence-corrected chi connectivity index (χ1v) is 13.7. The summed E-state index contributed by atoms with van der Waals surface area (Å²) in [6, 6.07) is 6.36. The molecule has 0 unspecified atom stereocenters. The van der Waals surface area contributed by atoms with Gasteiger partial charge in [0.1, 0.15) is 16.8 Å². The molecule has 4 fully saturated rings. The summed E-state index contributed by atoms with van der Waals surface area (Å²) < 4.78 is 40.3. The SMILES string of the molecule is COc1cc(CN2CC3(CC(OC)C3)C2)ccc1Cn1ncc2nc(N)nc(NCC3CC4(C3)CC4(F)F)c21. The molecule has 2 spiro atoms. The van der Waals surface area contributed by atoms with Crippen LogP contribution in [0.2, 0.25) is 0 Å². The van der Waals surface area contributed by atoms with Gasteiger partial charge in [-0.2, -0.15) is 10.1 Å². The number of nitrogens with two attached hydrogens (primary N) is 1. The van der Waals surface area contributed by atoms with Crippen LogP contribution in [0, 0.1) is 16.7 Å². The van der Waals surface area contributed by atoms with Gasteiger partial charge >= 0.3 is 0 Å². The number of halogens is 2. The molecule has 9 nitrogen and oxygen atoms in total. The lowest BCUT2D eigenvalue weighted by molar-refractivity contribution is -0.142. The van der Waals surface area contributed by atoms with E-state index in [2.05, 4.69) is 43.5 Å². The second kappa shape index (κ2) is 8.72. The highest BCUT2D eigenvalue weighted by molar-refractivity contribution is 5.86. The molecule has 0 amide bonds. The Labute approximate surface area is 226 Å². The fourth-order valence-corrected chi connectivity index (χ4v) is 7.30. The number of nitrogens with zero attached hydrogens (tertiary/aromatic N) is 5. The summed E-state index contributed by atoms with van der Waals surface area (Å²) >= 11 is 0.